The maximum atomic E-state index is 12.6. The number of hydrogen-bond donors (Lipinski definition) is 0. The van der Waals surface area contributed by atoms with E-state index in [2.05, 4.69) is 9.97 Å². The van der Waals surface area contributed by atoms with Crippen molar-refractivity contribution in [3.05, 3.63) is 78.1 Å². The van der Waals surface area contributed by atoms with Crippen molar-refractivity contribution < 1.29 is 4.79 Å². The van der Waals surface area contributed by atoms with Gasteiger partial charge in [-0.15, -0.1) is 0 Å². The van der Waals surface area contributed by atoms with Crippen LogP contribution in [0, 0.1) is 0 Å². The molecule has 0 bridgehead atoms. The minimum absolute atomic E-state index is 0.0335. The van der Waals surface area contributed by atoms with E-state index in [9.17, 15) is 4.79 Å². The van der Waals surface area contributed by atoms with E-state index in [4.69, 9.17) is 0 Å². The van der Waals surface area contributed by atoms with Crippen LogP contribution in [0.15, 0.2) is 66.9 Å². The van der Waals surface area contributed by atoms with Crippen molar-refractivity contribution in [3.8, 4) is 0 Å². The average Bonchev–Trinajstić information content (AvgIpc) is 2.64. The Hall–Kier alpha value is -3.01. The van der Waals surface area contributed by atoms with Gasteiger partial charge in [-0.05, 0) is 37.6 Å². The second-order valence-electron chi connectivity index (χ2n) is 6.16. The Bertz CT molecular complexity index is 888. The molecule has 1 amide bonds. The van der Waals surface area contributed by atoms with Gasteiger partial charge in [0.25, 0.3) is 0 Å². The molecule has 0 atom stereocenters. The largest absolute Gasteiger partial charge is 0.332 e. The van der Waals surface area contributed by atoms with Gasteiger partial charge in [-0.3, -0.25) is 9.78 Å². The number of aromatic nitrogens is 2. The Morgan fingerprint density at radius 3 is 2.44 bits per heavy atom. The molecule has 0 saturated carbocycles. The first kappa shape index (κ1) is 16.8. The Kier molecular flexibility index (Phi) is 5.19. The molecule has 0 aliphatic rings. The Morgan fingerprint density at radius 2 is 1.72 bits per heavy atom. The highest BCUT2D eigenvalue weighted by Gasteiger charge is 2.14. The molecule has 2 aromatic carbocycles. The zero-order valence-corrected chi connectivity index (χ0v) is 14.5. The molecule has 1 heterocycles. The van der Waals surface area contributed by atoms with Gasteiger partial charge < -0.3 is 4.90 Å². The fraction of sp³-hybridized carbons (Fsp3) is 0.190. The summed E-state index contributed by atoms with van der Waals surface area (Å²) in [6.07, 6.45) is 4.98. The molecule has 0 radical (unpaired) electrons. The lowest BCUT2D eigenvalue weighted by molar-refractivity contribution is -0.128. The highest BCUT2D eigenvalue weighted by Crippen LogP contribution is 2.12. The van der Waals surface area contributed by atoms with Crippen molar-refractivity contribution in [1.29, 1.82) is 0 Å². The zero-order chi connectivity index (χ0) is 17.6. The third-order valence-corrected chi connectivity index (χ3v) is 3.97. The first-order valence-electron chi connectivity index (χ1n) is 8.38. The second-order valence-corrected chi connectivity index (χ2v) is 6.16. The van der Waals surface area contributed by atoms with Gasteiger partial charge >= 0.3 is 0 Å². The molecular formula is C21H21N3O. The standard InChI is InChI=1S/C21H21N3O/c1-16(2)24(15-17-8-4-3-5-9-17)21(25)13-12-18-14-22-19-10-6-7-11-20(19)23-18/h3-14,16H,15H2,1-2H3/b13-12+. The lowest BCUT2D eigenvalue weighted by Gasteiger charge is -2.25. The van der Waals surface area contributed by atoms with Gasteiger partial charge in [-0.25, -0.2) is 4.98 Å². The second kappa shape index (κ2) is 7.71. The maximum absolute atomic E-state index is 12.6. The van der Waals surface area contributed by atoms with E-state index in [0.29, 0.717) is 12.2 Å². The van der Waals surface area contributed by atoms with Crippen LogP contribution in [0.4, 0.5) is 0 Å². The zero-order valence-electron chi connectivity index (χ0n) is 14.5. The van der Waals surface area contributed by atoms with Crippen LogP contribution in [-0.2, 0) is 11.3 Å². The lowest BCUT2D eigenvalue weighted by atomic mass is 10.2. The monoisotopic (exact) mass is 331 g/mol. The van der Waals surface area contributed by atoms with Crippen LogP contribution in [0.2, 0.25) is 0 Å². The number of hydrogen-bond acceptors (Lipinski definition) is 3. The van der Waals surface area contributed by atoms with Gasteiger partial charge in [0.1, 0.15) is 0 Å². The molecular weight excluding hydrogens is 310 g/mol. The van der Waals surface area contributed by atoms with Crippen molar-refractivity contribution in [3.63, 3.8) is 0 Å². The van der Waals surface area contributed by atoms with Crippen LogP contribution in [0.25, 0.3) is 17.1 Å². The molecule has 3 rings (SSSR count). The highest BCUT2D eigenvalue weighted by atomic mass is 16.2. The average molecular weight is 331 g/mol. The van der Waals surface area contributed by atoms with Crippen molar-refractivity contribution in [2.75, 3.05) is 0 Å². The van der Waals surface area contributed by atoms with Gasteiger partial charge in [0.05, 0.1) is 22.9 Å². The van der Waals surface area contributed by atoms with Gasteiger partial charge in [0.15, 0.2) is 0 Å². The fourth-order valence-corrected chi connectivity index (χ4v) is 2.60. The number of para-hydroxylation sites is 2. The number of carbonyl (C=O) groups excluding carboxylic acids is 1. The summed E-state index contributed by atoms with van der Waals surface area (Å²) in [7, 11) is 0. The summed E-state index contributed by atoms with van der Waals surface area (Å²) in [5, 5.41) is 0. The quantitative estimate of drug-likeness (QED) is 0.662. The molecule has 25 heavy (non-hydrogen) atoms. The lowest BCUT2D eigenvalue weighted by Crippen LogP contribution is -2.35. The topological polar surface area (TPSA) is 46.1 Å². The summed E-state index contributed by atoms with van der Waals surface area (Å²) < 4.78 is 0. The number of amides is 1. The predicted molar refractivity (Wildman–Crippen MR) is 101 cm³/mol. The minimum atomic E-state index is -0.0335. The van der Waals surface area contributed by atoms with Crippen molar-refractivity contribution in [2.45, 2.75) is 26.4 Å². The van der Waals surface area contributed by atoms with Crippen LogP contribution in [0.3, 0.4) is 0 Å². The number of carbonyl (C=O) groups is 1. The van der Waals surface area contributed by atoms with Crippen LogP contribution in [0.5, 0.6) is 0 Å². The van der Waals surface area contributed by atoms with E-state index in [0.717, 1.165) is 16.6 Å². The molecule has 0 fully saturated rings. The van der Waals surface area contributed by atoms with E-state index in [1.54, 1.807) is 18.3 Å². The predicted octanol–water partition coefficient (Wildman–Crippen LogP) is 4.08. The van der Waals surface area contributed by atoms with Gasteiger partial charge in [0.2, 0.25) is 5.91 Å². The molecule has 4 nitrogen and oxygen atoms in total. The fourth-order valence-electron chi connectivity index (χ4n) is 2.60. The Balaban J connectivity index is 1.76. The molecule has 0 unspecified atom stereocenters. The summed E-state index contributed by atoms with van der Waals surface area (Å²) in [5.41, 5.74) is 3.46. The van der Waals surface area contributed by atoms with E-state index in [1.807, 2.05) is 73.3 Å². The van der Waals surface area contributed by atoms with E-state index in [-0.39, 0.29) is 11.9 Å². The summed E-state index contributed by atoms with van der Waals surface area (Å²) in [4.78, 5) is 23.3. The normalized spacial score (nSPS) is 11.3. The van der Waals surface area contributed by atoms with Crippen molar-refractivity contribution in [1.82, 2.24) is 14.9 Å². The molecule has 4 heteroatoms. The van der Waals surface area contributed by atoms with Crippen LogP contribution >= 0.6 is 0 Å². The van der Waals surface area contributed by atoms with Gasteiger partial charge in [-0.1, -0.05) is 42.5 Å². The third kappa shape index (κ3) is 4.29. The summed E-state index contributed by atoms with van der Waals surface area (Å²) >= 11 is 0. The Morgan fingerprint density at radius 1 is 1.04 bits per heavy atom. The molecule has 1 aromatic heterocycles. The first-order chi connectivity index (χ1) is 12.1. The Labute approximate surface area is 147 Å². The van der Waals surface area contributed by atoms with Crippen LogP contribution < -0.4 is 0 Å². The minimum Gasteiger partial charge on any atom is -0.332 e. The van der Waals surface area contributed by atoms with E-state index < -0.39 is 0 Å². The number of benzene rings is 2. The molecule has 0 spiro atoms. The van der Waals surface area contributed by atoms with Crippen molar-refractivity contribution >= 4 is 23.0 Å². The summed E-state index contributed by atoms with van der Waals surface area (Å²) in [6.45, 7) is 4.63. The maximum Gasteiger partial charge on any atom is 0.247 e. The molecule has 0 saturated heterocycles. The molecule has 0 N–H and O–H groups in total. The number of nitrogens with zero attached hydrogens (tertiary/aromatic N) is 3. The highest BCUT2D eigenvalue weighted by molar-refractivity contribution is 5.92. The van der Waals surface area contributed by atoms with Crippen LogP contribution in [0.1, 0.15) is 25.1 Å². The van der Waals surface area contributed by atoms with Gasteiger partial charge in [-0.2, -0.15) is 0 Å². The smallest absolute Gasteiger partial charge is 0.247 e. The van der Waals surface area contributed by atoms with Gasteiger partial charge in [0, 0.05) is 18.7 Å². The summed E-state index contributed by atoms with van der Waals surface area (Å²) in [5.74, 6) is -0.0335. The molecule has 0 aliphatic heterocycles. The molecule has 126 valence electrons. The van der Waals surface area contributed by atoms with Crippen molar-refractivity contribution in [2.24, 2.45) is 0 Å². The summed E-state index contributed by atoms with van der Waals surface area (Å²) in [6, 6.07) is 17.8. The van der Waals surface area contributed by atoms with E-state index in [1.165, 1.54) is 0 Å². The van der Waals surface area contributed by atoms with E-state index >= 15 is 0 Å². The molecule has 0 aliphatic carbocycles. The SMILES string of the molecule is CC(C)N(Cc1ccccc1)C(=O)/C=C/c1cnc2ccccc2n1. The molecule has 3 aromatic rings. The number of rotatable bonds is 5. The van der Waals surface area contributed by atoms with Crippen LogP contribution in [-0.4, -0.2) is 26.8 Å². The third-order valence-electron chi connectivity index (χ3n) is 3.97. The first-order valence-corrected chi connectivity index (χ1v) is 8.38. The number of fused-ring (bicyclic) bond motifs is 1.